The van der Waals surface area contributed by atoms with Crippen molar-refractivity contribution in [3.8, 4) is 11.3 Å². The molecule has 3 aromatic heterocycles. The van der Waals surface area contributed by atoms with E-state index in [0.29, 0.717) is 21.7 Å². The fourth-order valence-corrected chi connectivity index (χ4v) is 3.46. The van der Waals surface area contributed by atoms with Crippen molar-refractivity contribution in [2.24, 2.45) is 0 Å². The number of ether oxygens (including phenoxy) is 1. The molecule has 0 saturated carbocycles. The smallest absolute Gasteiger partial charge is 0.339 e. The van der Waals surface area contributed by atoms with Gasteiger partial charge >= 0.3 is 5.97 Å². The number of thioether (sulfide) groups is 1. The van der Waals surface area contributed by atoms with Gasteiger partial charge in [0, 0.05) is 24.2 Å². The topological polar surface area (TPSA) is 103 Å². The SMILES string of the molecule is CCOC(=O)c1cncc(-c2cnc3ccc(/C=C4\SC(=O)NC4=O)cn23)c1. The molecule has 1 N–H and O–H groups in total. The van der Waals surface area contributed by atoms with E-state index >= 15 is 0 Å². The van der Waals surface area contributed by atoms with Crippen molar-refractivity contribution >= 4 is 40.6 Å². The zero-order chi connectivity index (χ0) is 19.7. The summed E-state index contributed by atoms with van der Waals surface area (Å²) in [5.41, 5.74) is 3.21. The number of imide groups is 1. The van der Waals surface area contributed by atoms with Crippen molar-refractivity contribution in [2.75, 3.05) is 6.61 Å². The molecular formula is C19H14N4O4S. The van der Waals surface area contributed by atoms with Crippen LogP contribution in [0, 0.1) is 0 Å². The van der Waals surface area contributed by atoms with Crippen molar-refractivity contribution in [2.45, 2.75) is 6.92 Å². The first-order valence-corrected chi connectivity index (χ1v) is 9.21. The van der Waals surface area contributed by atoms with Gasteiger partial charge in [0.2, 0.25) is 0 Å². The fraction of sp³-hybridized carbons (Fsp3) is 0.105. The van der Waals surface area contributed by atoms with Crippen LogP contribution < -0.4 is 5.32 Å². The van der Waals surface area contributed by atoms with E-state index in [-0.39, 0.29) is 11.8 Å². The van der Waals surface area contributed by atoms with Crippen LogP contribution in [0.1, 0.15) is 22.8 Å². The number of nitrogens with one attached hydrogen (secondary N) is 1. The van der Waals surface area contributed by atoms with Gasteiger partial charge in [-0.25, -0.2) is 9.78 Å². The molecule has 9 heteroatoms. The maximum atomic E-state index is 12.0. The highest BCUT2D eigenvalue weighted by Crippen LogP contribution is 2.27. The van der Waals surface area contributed by atoms with Crippen molar-refractivity contribution in [3.63, 3.8) is 0 Å². The molecule has 4 heterocycles. The van der Waals surface area contributed by atoms with E-state index in [1.54, 1.807) is 43.7 Å². The van der Waals surface area contributed by atoms with Crippen LogP contribution in [0.5, 0.6) is 0 Å². The van der Waals surface area contributed by atoms with Crippen LogP contribution >= 0.6 is 11.8 Å². The summed E-state index contributed by atoms with van der Waals surface area (Å²) in [7, 11) is 0. The molecule has 1 fully saturated rings. The molecule has 1 aliphatic rings. The van der Waals surface area contributed by atoms with Crippen molar-refractivity contribution < 1.29 is 19.1 Å². The third kappa shape index (κ3) is 3.39. The summed E-state index contributed by atoms with van der Waals surface area (Å²) in [4.78, 5) is 43.9. The molecular weight excluding hydrogens is 380 g/mol. The average Bonchev–Trinajstić information content (AvgIpc) is 3.24. The summed E-state index contributed by atoms with van der Waals surface area (Å²) in [5, 5.41) is 1.84. The Kier molecular flexibility index (Phi) is 4.66. The third-order valence-corrected chi connectivity index (χ3v) is 4.82. The van der Waals surface area contributed by atoms with Crippen LogP contribution in [0.4, 0.5) is 4.79 Å². The van der Waals surface area contributed by atoms with E-state index in [0.717, 1.165) is 23.0 Å². The standard InChI is InChI=1S/C19H14N4O4S/c1-2-27-18(25)13-6-12(7-20-8-13)14-9-21-16-4-3-11(10-23(14)16)5-15-17(24)22-19(26)28-15/h3-10H,2H2,1H3,(H,22,24,26)/b15-5-. The number of amides is 2. The zero-order valence-corrected chi connectivity index (χ0v) is 15.5. The minimum atomic E-state index is -0.440. The number of imidazole rings is 1. The molecule has 3 aromatic rings. The second kappa shape index (κ2) is 7.28. The van der Waals surface area contributed by atoms with E-state index in [4.69, 9.17) is 4.74 Å². The van der Waals surface area contributed by atoms with Crippen molar-refractivity contribution in [3.05, 3.63) is 59.0 Å². The van der Waals surface area contributed by atoms with Gasteiger partial charge in [0.1, 0.15) is 5.65 Å². The van der Waals surface area contributed by atoms with Crippen molar-refractivity contribution in [1.29, 1.82) is 0 Å². The highest BCUT2D eigenvalue weighted by molar-refractivity contribution is 8.18. The van der Waals surface area contributed by atoms with Gasteiger partial charge in [-0.05, 0) is 48.5 Å². The highest BCUT2D eigenvalue weighted by atomic mass is 32.2. The normalized spacial score (nSPS) is 15.2. The molecule has 0 radical (unpaired) electrons. The maximum Gasteiger partial charge on any atom is 0.339 e. The summed E-state index contributed by atoms with van der Waals surface area (Å²) in [6.45, 7) is 2.02. The number of nitrogens with zero attached hydrogens (tertiary/aromatic N) is 3. The van der Waals surface area contributed by atoms with Gasteiger partial charge in [-0.3, -0.25) is 24.3 Å². The number of pyridine rings is 2. The quantitative estimate of drug-likeness (QED) is 0.536. The lowest BCUT2D eigenvalue weighted by Crippen LogP contribution is -2.17. The average molecular weight is 394 g/mol. The van der Waals surface area contributed by atoms with Crippen LogP contribution in [0.3, 0.4) is 0 Å². The molecule has 0 bridgehead atoms. The Hall–Kier alpha value is -3.46. The van der Waals surface area contributed by atoms with Crippen LogP contribution in [0.2, 0.25) is 0 Å². The summed E-state index contributed by atoms with van der Waals surface area (Å²) >= 11 is 0.862. The van der Waals surface area contributed by atoms with Gasteiger partial charge in [0.05, 0.1) is 29.0 Å². The van der Waals surface area contributed by atoms with Crippen LogP contribution in [0.15, 0.2) is 47.9 Å². The Morgan fingerprint density at radius 3 is 2.89 bits per heavy atom. The minimum absolute atomic E-state index is 0.283. The molecule has 8 nitrogen and oxygen atoms in total. The van der Waals surface area contributed by atoms with E-state index < -0.39 is 11.9 Å². The molecule has 2 amide bonds. The molecule has 0 unspecified atom stereocenters. The monoisotopic (exact) mass is 394 g/mol. The first-order valence-electron chi connectivity index (χ1n) is 8.39. The summed E-state index contributed by atoms with van der Waals surface area (Å²) in [6, 6.07) is 5.30. The number of carbonyl (C=O) groups is 3. The summed E-state index contributed by atoms with van der Waals surface area (Å²) < 4.78 is 6.85. The Labute approximate surface area is 163 Å². The van der Waals surface area contributed by atoms with E-state index in [1.807, 2.05) is 10.5 Å². The first kappa shape index (κ1) is 17.9. The lowest BCUT2D eigenvalue weighted by molar-refractivity contribution is -0.115. The van der Waals surface area contributed by atoms with Gasteiger partial charge in [0.25, 0.3) is 11.1 Å². The number of fused-ring (bicyclic) bond motifs is 1. The van der Waals surface area contributed by atoms with Gasteiger partial charge in [-0.2, -0.15) is 0 Å². The van der Waals surface area contributed by atoms with Gasteiger partial charge in [-0.1, -0.05) is 0 Å². The number of hydrogen-bond donors (Lipinski definition) is 1. The van der Waals surface area contributed by atoms with Gasteiger partial charge in [-0.15, -0.1) is 0 Å². The number of esters is 1. The second-order valence-corrected chi connectivity index (χ2v) is 6.88. The molecule has 140 valence electrons. The van der Waals surface area contributed by atoms with Gasteiger partial charge < -0.3 is 4.74 Å². The minimum Gasteiger partial charge on any atom is -0.462 e. The lowest BCUT2D eigenvalue weighted by Gasteiger charge is -2.06. The number of rotatable bonds is 4. The number of carbonyl (C=O) groups excluding carboxylic acids is 3. The second-order valence-electron chi connectivity index (χ2n) is 5.87. The van der Waals surface area contributed by atoms with Crippen LogP contribution in [-0.4, -0.2) is 38.1 Å². The molecule has 0 aliphatic carbocycles. The number of aromatic nitrogens is 3. The molecule has 0 spiro atoms. The largest absolute Gasteiger partial charge is 0.462 e. The molecule has 28 heavy (non-hydrogen) atoms. The van der Waals surface area contributed by atoms with E-state index in [9.17, 15) is 14.4 Å². The Morgan fingerprint density at radius 2 is 2.14 bits per heavy atom. The molecule has 0 atom stereocenters. The summed E-state index contributed by atoms with van der Waals surface area (Å²) in [5.74, 6) is -0.850. The molecule has 0 aromatic carbocycles. The first-order chi connectivity index (χ1) is 13.5. The predicted molar refractivity (Wildman–Crippen MR) is 103 cm³/mol. The maximum absolute atomic E-state index is 12.0. The highest BCUT2D eigenvalue weighted by Gasteiger charge is 2.25. The molecule has 1 saturated heterocycles. The fourth-order valence-electron chi connectivity index (χ4n) is 2.77. The van der Waals surface area contributed by atoms with E-state index in [2.05, 4.69) is 15.3 Å². The Balaban J connectivity index is 1.74. The summed E-state index contributed by atoms with van der Waals surface area (Å²) in [6.07, 6.45) is 8.21. The number of hydrogen-bond acceptors (Lipinski definition) is 7. The Bertz CT molecular complexity index is 1150. The van der Waals surface area contributed by atoms with Crippen LogP contribution in [-0.2, 0) is 9.53 Å². The Morgan fingerprint density at radius 1 is 1.29 bits per heavy atom. The predicted octanol–water partition coefficient (Wildman–Crippen LogP) is 2.90. The van der Waals surface area contributed by atoms with Crippen LogP contribution in [0.25, 0.3) is 23.0 Å². The zero-order valence-electron chi connectivity index (χ0n) is 14.7. The molecule has 1 aliphatic heterocycles. The third-order valence-electron chi connectivity index (χ3n) is 4.01. The van der Waals surface area contributed by atoms with E-state index in [1.165, 1.54) is 6.20 Å². The van der Waals surface area contributed by atoms with Crippen molar-refractivity contribution in [1.82, 2.24) is 19.7 Å². The lowest BCUT2D eigenvalue weighted by atomic mass is 10.1. The molecule has 4 rings (SSSR count). The van der Waals surface area contributed by atoms with Gasteiger partial charge in [0.15, 0.2) is 0 Å².